The number of nitrogens with zero attached hydrogens (tertiary/aromatic N) is 2. The Morgan fingerprint density at radius 2 is 1.92 bits per heavy atom. The largest absolute Gasteiger partial charge is 0.492 e. The molecule has 1 heterocycles. The molecule has 1 aliphatic heterocycles. The minimum Gasteiger partial charge on any atom is -0.492 e. The van der Waals surface area contributed by atoms with Crippen molar-refractivity contribution in [3.05, 3.63) is 64.4 Å². The molecular weight excluding hydrogens is 339 g/mol. The van der Waals surface area contributed by atoms with Crippen molar-refractivity contribution in [3.63, 3.8) is 0 Å². The molecule has 1 fully saturated rings. The molecule has 130 valence electrons. The SMILES string of the molecule is N#Cc1c(F)cccc1OCC1CCN(Cc2ccccc2Cl)CC1. The van der Waals surface area contributed by atoms with Crippen molar-refractivity contribution >= 4 is 11.6 Å². The summed E-state index contributed by atoms with van der Waals surface area (Å²) in [4.78, 5) is 2.39. The standard InChI is InChI=1S/C20H20ClFN2O/c21-18-5-2-1-4-16(18)13-24-10-8-15(9-11-24)14-25-20-7-3-6-19(22)17(20)12-23/h1-7,15H,8-11,13-14H2. The number of halogens is 2. The first-order valence-electron chi connectivity index (χ1n) is 8.44. The van der Waals surface area contributed by atoms with E-state index in [1.807, 2.05) is 24.3 Å². The van der Waals surface area contributed by atoms with Crippen LogP contribution in [0.15, 0.2) is 42.5 Å². The van der Waals surface area contributed by atoms with Gasteiger partial charge in [0, 0.05) is 11.6 Å². The molecule has 3 rings (SSSR count). The molecule has 25 heavy (non-hydrogen) atoms. The normalized spacial score (nSPS) is 15.7. The second kappa shape index (κ2) is 8.33. The van der Waals surface area contributed by atoms with Crippen molar-refractivity contribution in [2.75, 3.05) is 19.7 Å². The summed E-state index contributed by atoms with van der Waals surface area (Å²) in [7, 11) is 0. The lowest BCUT2D eigenvalue weighted by Crippen LogP contribution is -2.35. The zero-order chi connectivity index (χ0) is 17.6. The summed E-state index contributed by atoms with van der Waals surface area (Å²) < 4.78 is 19.3. The Bertz CT molecular complexity index is 767. The Morgan fingerprint density at radius 1 is 1.16 bits per heavy atom. The third kappa shape index (κ3) is 4.50. The lowest BCUT2D eigenvalue weighted by Gasteiger charge is -2.32. The summed E-state index contributed by atoms with van der Waals surface area (Å²) in [6.07, 6.45) is 2.03. The van der Waals surface area contributed by atoms with E-state index in [4.69, 9.17) is 21.6 Å². The Labute approximate surface area is 152 Å². The van der Waals surface area contributed by atoms with E-state index in [0.29, 0.717) is 18.3 Å². The lowest BCUT2D eigenvalue weighted by molar-refractivity contribution is 0.136. The third-order valence-electron chi connectivity index (χ3n) is 4.62. The fraction of sp³-hybridized carbons (Fsp3) is 0.350. The number of piperidine rings is 1. The van der Waals surface area contributed by atoms with E-state index in [1.165, 1.54) is 6.07 Å². The van der Waals surface area contributed by atoms with Crippen LogP contribution in [0.5, 0.6) is 5.75 Å². The minimum atomic E-state index is -0.533. The molecular formula is C20H20ClFN2O. The van der Waals surface area contributed by atoms with Gasteiger partial charge in [-0.1, -0.05) is 35.9 Å². The van der Waals surface area contributed by atoms with Crippen LogP contribution < -0.4 is 4.74 Å². The average Bonchev–Trinajstić information content (AvgIpc) is 2.63. The first-order chi connectivity index (χ1) is 12.2. The molecule has 1 saturated heterocycles. The monoisotopic (exact) mass is 358 g/mol. The second-order valence-corrected chi connectivity index (χ2v) is 6.75. The van der Waals surface area contributed by atoms with Crippen LogP contribution in [0.4, 0.5) is 4.39 Å². The fourth-order valence-corrected chi connectivity index (χ4v) is 3.32. The number of nitriles is 1. The summed E-state index contributed by atoms with van der Waals surface area (Å²) in [5.74, 6) is 0.216. The predicted octanol–water partition coefficient (Wildman–Crippen LogP) is 4.64. The van der Waals surface area contributed by atoms with Crippen LogP contribution in [-0.4, -0.2) is 24.6 Å². The third-order valence-corrected chi connectivity index (χ3v) is 4.99. The van der Waals surface area contributed by atoms with Gasteiger partial charge in [0.15, 0.2) is 0 Å². The van der Waals surface area contributed by atoms with Gasteiger partial charge in [0.25, 0.3) is 0 Å². The number of ether oxygens (including phenoxy) is 1. The summed E-state index contributed by atoms with van der Waals surface area (Å²) in [6.45, 7) is 3.33. The quantitative estimate of drug-likeness (QED) is 0.781. The Kier molecular flexibility index (Phi) is 5.91. The number of hydrogen-bond donors (Lipinski definition) is 0. The van der Waals surface area contributed by atoms with Gasteiger partial charge >= 0.3 is 0 Å². The number of benzene rings is 2. The van der Waals surface area contributed by atoms with Crippen LogP contribution in [0.2, 0.25) is 5.02 Å². The maximum Gasteiger partial charge on any atom is 0.144 e. The topological polar surface area (TPSA) is 36.3 Å². The van der Waals surface area contributed by atoms with Crippen molar-refractivity contribution in [1.29, 1.82) is 5.26 Å². The van der Waals surface area contributed by atoms with E-state index < -0.39 is 5.82 Å². The van der Waals surface area contributed by atoms with Crippen LogP contribution in [0, 0.1) is 23.1 Å². The van der Waals surface area contributed by atoms with Crippen LogP contribution in [-0.2, 0) is 6.54 Å². The van der Waals surface area contributed by atoms with Crippen LogP contribution in [0.1, 0.15) is 24.0 Å². The molecule has 0 bridgehead atoms. The molecule has 0 spiro atoms. The molecule has 0 N–H and O–H groups in total. The molecule has 0 unspecified atom stereocenters. The van der Waals surface area contributed by atoms with Crippen LogP contribution in [0.3, 0.4) is 0 Å². The fourth-order valence-electron chi connectivity index (χ4n) is 3.12. The maximum atomic E-state index is 13.6. The Balaban J connectivity index is 1.50. The van der Waals surface area contributed by atoms with Gasteiger partial charge in [0.2, 0.25) is 0 Å². The molecule has 0 radical (unpaired) electrons. The highest BCUT2D eigenvalue weighted by Crippen LogP contribution is 2.25. The molecule has 0 atom stereocenters. The summed E-state index contributed by atoms with van der Waals surface area (Å²) in [6, 6.07) is 14.3. The molecule has 0 aromatic heterocycles. The van der Waals surface area contributed by atoms with E-state index in [2.05, 4.69) is 11.0 Å². The summed E-state index contributed by atoms with van der Waals surface area (Å²) in [5, 5.41) is 9.85. The first-order valence-corrected chi connectivity index (χ1v) is 8.82. The molecule has 1 aliphatic rings. The highest BCUT2D eigenvalue weighted by molar-refractivity contribution is 6.31. The average molecular weight is 359 g/mol. The van der Waals surface area contributed by atoms with Crippen molar-refractivity contribution in [2.45, 2.75) is 19.4 Å². The molecule has 3 nitrogen and oxygen atoms in total. The molecule has 2 aromatic rings. The van der Waals surface area contributed by atoms with Gasteiger partial charge in [-0.25, -0.2) is 4.39 Å². The van der Waals surface area contributed by atoms with Crippen LogP contribution >= 0.6 is 11.6 Å². The van der Waals surface area contributed by atoms with Gasteiger partial charge in [-0.2, -0.15) is 5.26 Å². The summed E-state index contributed by atoms with van der Waals surface area (Å²) in [5.41, 5.74) is 1.14. The smallest absolute Gasteiger partial charge is 0.144 e. The van der Waals surface area contributed by atoms with E-state index in [0.717, 1.165) is 43.1 Å². The number of rotatable bonds is 5. The van der Waals surface area contributed by atoms with E-state index in [1.54, 1.807) is 12.1 Å². The molecule has 2 aromatic carbocycles. The van der Waals surface area contributed by atoms with Crippen molar-refractivity contribution in [1.82, 2.24) is 4.90 Å². The van der Waals surface area contributed by atoms with Gasteiger partial charge < -0.3 is 4.74 Å². The second-order valence-electron chi connectivity index (χ2n) is 6.35. The van der Waals surface area contributed by atoms with Gasteiger partial charge in [-0.15, -0.1) is 0 Å². The van der Waals surface area contributed by atoms with Crippen molar-refractivity contribution in [2.24, 2.45) is 5.92 Å². The summed E-state index contributed by atoms with van der Waals surface area (Å²) >= 11 is 6.23. The Morgan fingerprint density at radius 3 is 2.64 bits per heavy atom. The Hall–Kier alpha value is -2.09. The molecule has 0 aliphatic carbocycles. The van der Waals surface area contributed by atoms with Gasteiger partial charge in [-0.05, 0) is 55.6 Å². The van der Waals surface area contributed by atoms with E-state index in [9.17, 15) is 4.39 Å². The van der Waals surface area contributed by atoms with Gasteiger partial charge in [0.1, 0.15) is 23.2 Å². The zero-order valence-corrected chi connectivity index (χ0v) is 14.7. The van der Waals surface area contributed by atoms with Gasteiger partial charge in [-0.3, -0.25) is 4.90 Å². The maximum absolute atomic E-state index is 13.6. The van der Waals surface area contributed by atoms with Crippen molar-refractivity contribution in [3.8, 4) is 11.8 Å². The molecule has 0 saturated carbocycles. The van der Waals surface area contributed by atoms with Gasteiger partial charge in [0.05, 0.1) is 6.61 Å². The molecule has 0 amide bonds. The van der Waals surface area contributed by atoms with E-state index in [-0.39, 0.29) is 5.56 Å². The first kappa shape index (κ1) is 17.7. The minimum absolute atomic E-state index is 0.0151. The van der Waals surface area contributed by atoms with Crippen molar-refractivity contribution < 1.29 is 9.13 Å². The predicted molar refractivity (Wildman–Crippen MR) is 96.1 cm³/mol. The zero-order valence-electron chi connectivity index (χ0n) is 13.9. The lowest BCUT2D eigenvalue weighted by atomic mass is 9.97. The van der Waals surface area contributed by atoms with E-state index >= 15 is 0 Å². The molecule has 5 heteroatoms. The van der Waals surface area contributed by atoms with Crippen LogP contribution in [0.25, 0.3) is 0 Å². The number of hydrogen-bond acceptors (Lipinski definition) is 3. The highest BCUT2D eigenvalue weighted by atomic mass is 35.5. The number of likely N-dealkylation sites (tertiary alicyclic amines) is 1. The highest BCUT2D eigenvalue weighted by Gasteiger charge is 2.21.